The highest BCUT2D eigenvalue weighted by Crippen LogP contribution is 2.24. The molecule has 0 aliphatic rings. The summed E-state index contributed by atoms with van der Waals surface area (Å²) in [5.41, 5.74) is 2.44. The van der Waals surface area contributed by atoms with E-state index >= 15 is 0 Å². The third kappa shape index (κ3) is 6.35. The van der Waals surface area contributed by atoms with Crippen LogP contribution in [0.4, 0.5) is 5.69 Å². The molecule has 7 heteroatoms. The molecule has 2 N–H and O–H groups in total. The van der Waals surface area contributed by atoms with Crippen molar-refractivity contribution in [3.05, 3.63) is 94.5 Å². The maximum absolute atomic E-state index is 12.9. The Bertz CT molecular complexity index is 1140. The van der Waals surface area contributed by atoms with Crippen molar-refractivity contribution in [2.75, 3.05) is 11.1 Å². The fourth-order valence-electron chi connectivity index (χ4n) is 2.92. The van der Waals surface area contributed by atoms with Gasteiger partial charge in [0.1, 0.15) is 0 Å². The Labute approximate surface area is 190 Å². The van der Waals surface area contributed by atoms with Gasteiger partial charge in [-0.25, -0.2) is 0 Å². The lowest BCUT2D eigenvalue weighted by atomic mass is 10.1. The molecule has 0 spiro atoms. The Balaban J connectivity index is 1.63. The molecular weight excluding hydrogens is 430 g/mol. The third-order valence-electron chi connectivity index (χ3n) is 4.46. The van der Waals surface area contributed by atoms with Crippen LogP contribution in [-0.4, -0.2) is 17.6 Å². The van der Waals surface area contributed by atoms with Crippen LogP contribution in [0.15, 0.2) is 77.7 Å². The monoisotopic (exact) mass is 449 g/mol. The van der Waals surface area contributed by atoms with Crippen molar-refractivity contribution in [3.63, 3.8) is 0 Å². The predicted molar refractivity (Wildman–Crippen MR) is 124 cm³/mol. The first-order valence-electron chi connectivity index (χ1n) is 9.54. The minimum atomic E-state index is -0.224. The van der Waals surface area contributed by atoms with Crippen LogP contribution < -0.4 is 10.6 Å². The molecule has 1 atom stereocenters. The molecule has 1 unspecified atom stereocenters. The second-order valence-corrected chi connectivity index (χ2v) is 8.23. The van der Waals surface area contributed by atoms with E-state index in [1.54, 1.807) is 42.5 Å². The summed E-state index contributed by atoms with van der Waals surface area (Å²) in [5, 5.41) is 15.3. The van der Waals surface area contributed by atoms with Gasteiger partial charge in [0.15, 0.2) is 0 Å². The Kier molecular flexibility index (Phi) is 7.71. The molecule has 0 aliphatic heterocycles. The first kappa shape index (κ1) is 22.4. The molecule has 2 amide bonds. The van der Waals surface area contributed by atoms with Gasteiger partial charge in [0.2, 0.25) is 5.91 Å². The smallest absolute Gasteiger partial charge is 0.252 e. The van der Waals surface area contributed by atoms with Crippen LogP contribution in [0.3, 0.4) is 0 Å². The number of amides is 2. The fraction of sp³-hybridized carbons (Fsp3) is 0.125. The summed E-state index contributed by atoms with van der Waals surface area (Å²) in [5.74, 6) is -0.314. The van der Waals surface area contributed by atoms with Crippen molar-refractivity contribution in [2.45, 2.75) is 17.9 Å². The number of nitrogens with zero attached hydrogens (tertiary/aromatic N) is 1. The highest BCUT2D eigenvalue weighted by molar-refractivity contribution is 8.00. The van der Waals surface area contributed by atoms with Gasteiger partial charge in [-0.1, -0.05) is 41.9 Å². The lowest BCUT2D eigenvalue weighted by Gasteiger charge is -2.16. The van der Waals surface area contributed by atoms with Crippen LogP contribution in [0.2, 0.25) is 5.02 Å². The Morgan fingerprint density at radius 2 is 1.84 bits per heavy atom. The van der Waals surface area contributed by atoms with Gasteiger partial charge in [-0.15, -0.1) is 11.8 Å². The number of halogens is 1. The van der Waals surface area contributed by atoms with E-state index in [9.17, 15) is 9.59 Å². The van der Waals surface area contributed by atoms with Crippen LogP contribution in [0.5, 0.6) is 0 Å². The SMILES string of the molecule is CC(NC(=O)c1ccccc1SCC(=O)Nc1cccc(C#N)c1)c1cccc(Cl)c1. The van der Waals surface area contributed by atoms with Crippen molar-refractivity contribution in [1.29, 1.82) is 5.26 Å². The molecule has 0 aromatic heterocycles. The molecule has 3 aromatic carbocycles. The molecule has 0 aliphatic carbocycles. The maximum Gasteiger partial charge on any atom is 0.252 e. The maximum atomic E-state index is 12.9. The van der Waals surface area contributed by atoms with E-state index in [1.807, 2.05) is 43.3 Å². The number of thioether (sulfide) groups is 1. The molecule has 0 heterocycles. The molecule has 0 radical (unpaired) electrons. The van der Waals surface area contributed by atoms with Crippen LogP contribution in [0.1, 0.15) is 34.5 Å². The molecule has 0 bridgehead atoms. The fourth-order valence-corrected chi connectivity index (χ4v) is 3.97. The van der Waals surface area contributed by atoms with E-state index in [0.29, 0.717) is 26.7 Å². The standard InChI is InChI=1S/C24H20ClN3O2S/c1-16(18-7-5-8-19(25)13-18)27-24(30)21-10-2-3-11-22(21)31-15-23(29)28-20-9-4-6-17(12-20)14-26/h2-13,16H,15H2,1H3,(H,27,30)(H,28,29). The molecule has 0 saturated heterocycles. The summed E-state index contributed by atoms with van der Waals surface area (Å²) in [6.07, 6.45) is 0. The molecular formula is C24H20ClN3O2S. The predicted octanol–water partition coefficient (Wildman–Crippen LogP) is 5.43. The van der Waals surface area contributed by atoms with Gasteiger partial charge in [-0.2, -0.15) is 5.26 Å². The summed E-state index contributed by atoms with van der Waals surface area (Å²) in [6, 6.07) is 23.0. The number of anilines is 1. The summed E-state index contributed by atoms with van der Waals surface area (Å²) in [7, 11) is 0. The number of nitriles is 1. The van der Waals surface area contributed by atoms with Crippen LogP contribution in [0, 0.1) is 11.3 Å². The molecule has 0 saturated carbocycles. The average Bonchev–Trinajstić information content (AvgIpc) is 2.78. The first-order valence-corrected chi connectivity index (χ1v) is 10.9. The van der Waals surface area contributed by atoms with Crippen LogP contribution in [-0.2, 0) is 4.79 Å². The van der Waals surface area contributed by atoms with E-state index in [0.717, 1.165) is 5.56 Å². The zero-order valence-corrected chi connectivity index (χ0v) is 18.3. The highest BCUT2D eigenvalue weighted by Gasteiger charge is 2.16. The number of carbonyl (C=O) groups is 2. The number of hydrogen-bond acceptors (Lipinski definition) is 4. The second kappa shape index (κ2) is 10.7. The zero-order valence-electron chi connectivity index (χ0n) is 16.8. The Morgan fingerprint density at radius 1 is 1.06 bits per heavy atom. The largest absolute Gasteiger partial charge is 0.345 e. The van der Waals surface area contributed by atoms with Crippen molar-refractivity contribution in [2.24, 2.45) is 0 Å². The quantitative estimate of drug-likeness (QED) is 0.471. The lowest BCUT2D eigenvalue weighted by molar-refractivity contribution is -0.113. The van der Waals surface area contributed by atoms with Gasteiger partial charge in [-0.05, 0) is 55.0 Å². The minimum Gasteiger partial charge on any atom is -0.345 e. The van der Waals surface area contributed by atoms with Gasteiger partial charge in [0, 0.05) is 15.6 Å². The summed E-state index contributed by atoms with van der Waals surface area (Å²) >= 11 is 7.32. The number of carbonyl (C=O) groups excluding carboxylic acids is 2. The Morgan fingerprint density at radius 3 is 2.61 bits per heavy atom. The summed E-state index contributed by atoms with van der Waals surface area (Å²) < 4.78 is 0. The Hall–Kier alpha value is -3.27. The summed E-state index contributed by atoms with van der Waals surface area (Å²) in [4.78, 5) is 25.9. The normalized spacial score (nSPS) is 11.3. The van der Waals surface area contributed by atoms with E-state index in [-0.39, 0.29) is 23.6 Å². The van der Waals surface area contributed by atoms with Crippen LogP contribution >= 0.6 is 23.4 Å². The van der Waals surface area contributed by atoms with Crippen molar-refractivity contribution in [1.82, 2.24) is 5.32 Å². The van der Waals surface area contributed by atoms with E-state index in [4.69, 9.17) is 16.9 Å². The van der Waals surface area contributed by atoms with Gasteiger partial charge >= 0.3 is 0 Å². The van der Waals surface area contributed by atoms with E-state index in [1.165, 1.54) is 11.8 Å². The van der Waals surface area contributed by atoms with Crippen molar-refractivity contribution in [3.8, 4) is 6.07 Å². The van der Waals surface area contributed by atoms with Gasteiger partial charge in [-0.3, -0.25) is 9.59 Å². The number of rotatable bonds is 7. The average molecular weight is 450 g/mol. The van der Waals surface area contributed by atoms with Crippen molar-refractivity contribution >= 4 is 40.9 Å². The van der Waals surface area contributed by atoms with Gasteiger partial charge < -0.3 is 10.6 Å². The number of hydrogen-bond donors (Lipinski definition) is 2. The van der Waals surface area contributed by atoms with Crippen molar-refractivity contribution < 1.29 is 9.59 Å². The lowest BCUT2D eigenvalue weighted by Crippen LogP contribution is -2.27. The summed E-state index contributed by atoms with van der Waals surface area (Å²) in [6.45, 7) is 1.89. The highest BCUT2D eigenvalue weighted by atomic mass is 35.5. The van der Waals surface area contributed by atoms with E-state index < -0.39 is 0 Å². The van der Waals surface area contributed by atoms with Crippen LogP contribution in [0.25, 0.3) is 0 Å². The molecule has 3 aromatic rings. The van der Waals surface area contributed by atoms with Gasteiger partial charge in [0.05, 0.1) is 29.0 Å². The molecule has 3 rings (SSSR count). The number of benzene rings is 3. The molecule has 5 nitrogen and oxygen atoms in total. The topological polar surface area (TPSA) is 82.0 Å². The van der Waals surface area contributed by atoms with E-state index in [2.05, 4.69) is 10.6 Å². The number of nitrogens with one attached hydrogen (secondary N) is 2. The molecule has 156 valence electrons. The second-order valence-electron chi connectivity index (χ2n) is 6.78. The first-order chi connectivity index (χ1) is 15.0. The molecule has 31 heavy (non-hydrogen) atoms. The minimum absolute atomic E-state index is 0.130. The third-order valence-corrected chi connectivity index (χ3v) is 5.77. The zero-order chi connectivity index (χ0) is 22.2. The molecule has 0 fully saturated rings. The van der Waals surface area contributed by atoms with Gasteiger partial charge in [0.25, 0.3) is 5.91 Å².